The van der Waals surface area contributed by atoms with Gasteiger partial charge in [-0.3, -0.25) is 5.41 Å². The van der Waals surface area contributed by atoms with E-state index in [1.165, 1.54) is 32.1 Å². The molecule has 0 aromatic rings. The molecule has 82 valence electrons. The van der Waals surface area contributed by atoms with Crippen molar-refractivity contribution in [3.8, 4) is 0 Å². The summed E-state index contributed by atoms with van der Waals surface area (Å²) in [5.74, 6) is 1.31. The van der Waals surface area contributed by atoms with E-state index in [4.69, 9.17) is 10.1 Å². The van der Waals surface area contributed by atoms with Crippen LogP contribution >= 0.6 is 0 Å². The molecule has 0 unspecified atom stereocenters. The van der Waals surface area contributed by atoms with Crippen LogP contribution < -0.4 is 0 Å². The zero-order valence-electron chi connectivity index (χ0n) is 9.38. The largest absolute Gasteiger partial charge is 0.383 e. The van der Waals surface area contributed by atoms with Crippen LogP contribution in [0.2, 0.25) is 0 Å². The van der Waals surface area contributed by atoms with Gasteiger partial charge in [0.15, 0.2) is 0 Å². The lowest BCUT2D eigenvalue weighted by atomic mass is 9.88. The molecule has 0 saturated heterocycles. The van der Waals surface area contributed by atoms with Crippen LogP contribution in [-0.2, 0) is 4.74 Å². The number of rotatable bonds is 4. The van der Waals surface area contributed by atoms with Crippen LogP contribution in [0.15, 0.2) is 0 Å². The number of hydrogen-bond acceptors (Lipinski definition) is 2. The standard InChI is InChI=1S/C11H22N2O/c1-13(8-9-14-2)11(12)10-6-4-3-5-7-10/h10,12H,3-9H2,1-2H3. The molecule has 3 heteroatoms. The van der Waals surface area contributed by atoms with Crippen molar-refractivity contribution in [2.75, 3.05) is 27.3 Å². The molecule has 0 spiro atoms. The van der Waals surface area contributed by atoms with Gasteiger partial charge in [-0.1, -0.05) is 19.3 Å². The smallest absolute Gasteiger partial charge is 0.0987 e. The fourth-order valence-electron chi connectivity index (χ4n) is 2.04. The maximum Gasteiger partial charge on any atom is 0.0987 e. The van der Waals surface area contributed by atoms with Crippen molar-refractivity contribution in [1.82, 2.24) is 4.90 Å². The lowest BCUT2D eigenvalue weighted by Crippen LogP contribution is -2.35. The van der Waals surface area contributed by atoms with E-state index in [9.17, 15) is 0 Å². The lowest BCUT2D eigenvalue weighted by molar-refractivity contribution is 0.180. The van der Waals surface area contributed by atoms with Gasteiger partial charge in [-0.25, -0.2) is 0 Å². The van der Waals surface area contributed by atoms with E-state index in [2.05, 4.69) is 0 Å². The van der Waals surface area contributed by atoms with Crippen LogP contribution in [0.5, 0.6) is 0 Å². The maximum atomic E-state index is 8.04. The van der Waals surface area contributed by atoms with E-state index in [-0.39, 0.29) is 0 Å². The molecule has 1 aliphatic rings. The Kier molecular flexibility index (Phi) is 4.94. The van der Waals surface area contributed by atoms with Crippen LogP contribution in [-0.4, -0.2) is 38.0 Å². The van der Waals surface area contributed by atoms with E-state index < -0.39 is 0 Å². The Bertz CT molecular complexity index is 176. The predicted molar refractivity (Wildman–Crippen MR) is 58.8 cm³/mol. The highest BCUT2D eigenvalue weighted by molar-refractivity contribution is 5.81. The second kappa shape index (κ2) is 6.02. The highest BCUT2D eigenvalue weighted by Gasteiger charge is 2.20. The molecule has 0 heterocycles. The van der Waals surface area contributed by atoms with Crippen molar-refractivity contribution in [2.45, 2.75) is 32.1 Å². The first-order chi connectivity index (χ1) is 6.75. The normalized spacial score (nSPS) is 18.1. The van der Waals surface area contributed by atoms with Gasteiger partial charge in [0.1, 0.15) is 0 Å². The van der Waals surface area contributed by atoms with E-state index in [0.717, 1.165) is 12.4 Å². The monoisotopic (exact) mass is 198 g/mol. The summed E-state index contributed by atoms with van der Waals surface area (Å²) in [5, 5.41) is 8.04. The quantitative estimate of drug-likeness (QED) is 0.555. The molecule has 1 rings (SSSR count). The number of ether oxygens (including phenoxy) is 1. The van der Waals surface area contributed by atoms with Crippen molar-refractivity contribution in [2.24, 2.45) is 5.92 Å². The molecule has 0 radical (unpaired) electrons. The first-order valence-corrected chi connectivity index (χ1v) is 5.54. The molecule has 1 saturated carbocycles. The minimum Gasteiger partial charge on any atom is -0.383 e. The molecule has 0 aromatic carbocycles. The van der Waals surface area contributed by atoms with Gasteiger partial charge in [-0.05, 0) is 12.8 Å². The van der Waals surface area contributed by atoms with Crippen LogP contribution in [0.4, 0.5) is 0 Å². The number of nitrogens with zero attached hydrogens (tertiary/aromatic N) is 1. The minimum absolute atomic E-state index is 0.505. The number of methoxy groups -OCH3 is 1. The lowest BCUT2D eigenvalue weighted by Gasteiger charge is -2.28. The van der Waals surface area contributed by atoms with Gasteiger partial charge in [0.05, 0.1) is 12.4 Å². The van der Waals surface area contributed by atoms with Gasteiger partial charge in [0.25, 0.3) is 0 Å². The molecule has 0 atom stereocenters. The van der Waals surface area contributed by atoms with Gasteiger partial charge in [0, 0.05) is 26.6 Å². The van der Waals surface area contributed by atoms with Gasteiger partial charge in [-0.15, -0.1) is 0 Å². The molecule has 14 heavy (non-hydrogen) atoms. The van der Waals surface area contributed by atoms with Crippen molar-refractivity contribution >= 4 is 5.84 Å². The summed E-state index contributed by atoms with van der Waals surface area (Å²) < 4.78 is 5.01. The first kappa shape index (κ1) is 11.5. The summed E-state index contributed by atoms with van der Waals surface area (Å²) in [6.07, 6.45) is 6.36. The summed E-state index contributed by atoms with van der Waals surface area (Å²) in [5.41, 5.74) is 0. The number of likely N-dealkylation sites (N-methyl/N-ethyl adjacent to an activating group) is 1. The molecular weight excluding hydrogens is 176 g/mol. The Morgan fingerprint density at radius 3 is 2.57 bits per heavy atom. The van der Waals surface area contributed by atoms with Crippen LogP contribution in [0, 0.1) is 11.3 Å². The van der Waals surface area contributed by atoms with Crippen molar-refractivity contribution in [1.29, 1.82) is 5.41 Å². The van der Waals surface area contributed by atoms with Gasteiger partial charge in [-0.2, -0.15) is 0 Å². The Balaban J connectivity index is 2.30. The molecule has 0 aliphatic heterocycles. The molecule has 0 aromatic heterocycles. The van der Waals surface area contributed by atoms with E-state index in [1.54, 1.807) is 7.11 Å². The second-order valence-corrected chi connectivity index (χ2v) is 4.13. The number of hydrogen-bond donors (Lipinski definition) is 1. The Morgan fingerprint density at radius 1 is 1.36 bits per heavy atom. The summed E-state index contributed by atoms with van der Waals surface area (Å²) in [6, 6.07) is 0. The minimum atomic E-state index is 0.505. The third-order valence-electron chi connectivity index (χ3n) is 3.03. The number of nitrogens with one attached hydrogen (secondary N) is 1. The third kappa shape index (κ3) is 3.29. The molecule has 1 fully saturated rings. The predicted octanol–water partition coefficient (Wildman–Crippen LogP) is 2.12. The first-order valence-electron chi connectivity index (χ1n) is 5.54. The van der Waals surface area contributed by atoms with Gasteiger partial charge >= 0.3 is 0 Å². The van der Waals surface area contributed by atoms with E-state index >= 15 is 0 Å². The van der Waals surface area contributed by atoms with Crippen molar-refractivity contribution in [3.63, 3.8) is 0 Å². The highest BCUT2D eigenvalue weighted by Crippen LogP contribution is 2.25. The van der Waals surface area contributed by atoms with Gasteiger partial charge in [0.2, 0.25) is 0 Å². The number of amidine groups is 1. The summed E-state index contributed by atoms with van der Waals surface area (Å²) in [4.78, 5) is 2.03. The molecule has 0 bridgehead atoms. The SMILES string of the molecule is COCCN(C)C(=N)C1CCCCC1. The van der Waals surface area contributed by atoms with Crippen LogP contribution in [0.25, 0.3) is 0 Å². The Morgan fingerprint density at radius 2 is 2.00 bits per heavy atom. The average molecular weight is 198 g/mol. The van der Waals surface area contributed by atoms with Crippen molar-refractivity contribution < 1.29 is 4.74 Å². The van der Waals surface area contributed by atoms with Gasteiger partial charge < -0.3 is 9.64 Å². The maximum absolute atomic E-state index is 8.04. The fraction of sp³-hybridized carbons (Fsp3) is 0.909. The zero-order chi connectivity index (χ0) is 10.4. The topological polar surface area (TPSA) is 36.3 Å². The zero-order valence-corrected chi connectivity index (χ0v) is 9.38. The summed E-state index contributed by atoms with van der Waals surface area (Å²) >= 11 is 0. The highest BCUT2D eigenvalue weighted by atomic mass is 16.5. The molecule has 1 aliphatic carbocycles. The third-order valence-corrected chi connectivity index (χ3v) is 3.03. The van der Waals surface area contributed by atoms with Crippen molar-refractivity contribution in [3.05, 3.63) is 0 Å². The second-order valence-electron chi connectivity index (χ2n) is 4.13. The average Bonchev–Trinajstić information content (AvgIpc) is 2.26. The van der Waals surface area contributed by atoms with E-state index in [1.807, 2.05) is 11.9 Å². The molecule has 0 amide bonds. The Hall–Kier alpha value is -0.570. The summed E-state index contributed by atoms with van der Waals surface area (Å²) in [6.45, 7) is 1.55. The summed E-state index contributed by atoms with van der Waals surface area (Å²) in [7, 11) is 3.70. The Labute approximate surface area is 86.9 Å². The van der Waals surface area contributed by atoms with Crippen LogP contribution in [0.3, 0.4) is 0 Å². The van der Waals surface area contributed by atoms with Crippen LogP contribution in [0.1, 0.15) is 32.1 Å². The molecule has 3 nitrogen and oxygen atoms in total. The molecular formula is C11H22N2O. The van der Waals surface area contributed by atoms with E-state index in [0.29, 0.717) is 12.5 Å². The fourth-order valence-corrected chi connectivity index (χ4v) is 2.04. The molecule has 1 N–H and O–H groups in total.